The first-order chi connectivity index (χ1) is 8.52. The van der Waals surface area contributed by atoms with Crippen LogP contribution in [0.25, 0.3) is 0 Å². The van der Waals surface area contributed by atoms with Crippen molar-refractivity contribution in [2.75, 3.05) is 0 Å². The summed E-state index contributed by atoms with van der Waals surface area (Å²) in [7, 11) is 0. The van der Waals surface area contributed by atoms with Gasteiger partial charge in [-0.25, -0.2) is 0 Å². The van der Waals surface area contributed by atoms with E-state index in [0.717, 1.165) is 25.7 Å². The van der Waals surface area contributed by atoms with Gasteiger partial charge in [-0.2, -0.15) is 0 Å². The molecule has 0 heterocycles. The van der Waals surface area contributed by atoms with Gasteiger partial charge in [0.05, 0.1) is 6.04 Å². The molecule has 0 aliphatic rings. The van der Waals surface area contributed by atoms with E-state index in [0.29, 0.717) is 6.42 Å². The van der Waals surface area contributed by atoms with Crippen LogP contribution < -0.4 is 11.1 Å². The summed E-state index contributed by atoms with van der Waals surface area (Å²) in [4.78, 5) is 22.8. The van der Waals surface area contributed by atoms with Crippen LogP contribution in [-0.4, -0.2) is 17.9 Å². The van der Waals surface area contributed by atoms with E-state index in [9.17, 15) is 9.59 Å². The number of allylic oxidation sites excluding steroid dienone is 1. The van der Waals surface area contributed by atoms with E-state index in [1.54, 1.807) is 6.08 Å². The quantitative estimate of drug-likeness (QED) is 0.374. The number of nitrogens with two attached hydrogens (primary N) is 1. The molecule has 0 aliphatic heterocycles. The Labute approximate surface area is 109 Å². The summed E-state index contributed by atoms with van der Waals surface area (Å²) < 4.78 is 0. The molecule has 4 heteroatoms. The molecule has 0 aromatic heterocycles. The molecule has 1 atom stereocenters. The fourth-order valence-electron chi connectivity index (χ4n) is 1.46. The minimum absolute atomic E-state index is 0.0726. The van der Waals surface area contributed by atoms with E-state index in [1.807, 2.05) is 13.0 Å². The topological polar surface area (TPSA) is 72.2 Å². The van der Waals surface area contributed by atoms with Crippen LogP contribution in [0.15, 0.2) is 24.3 Å². The van der Waals surface area contributed by atoms with Crippen molar-refractivity contribution in [3.63, 3.8) is 0 Å². The minimum atomic E-state index is -0.588. The molecule has 3 N–H and O–H groups in total. The van der Waals surface area contributed by atoms with Gasteiger partial charge in [-0.05, 0) is 12.8 Å². The predicted molar refractivity (Wildman–Crippen MR) is 73.8 cm³/mol. The number of carbonyl (C=O) groups is 2. The molecule has 0 aromatic carbocycles. The zero-order valence-electron chi connectivity index (χ0n) is 11.4. The molecule has 2 amide bonds. The normalized spacial score (nSPS) is 12.3. The standard InChI is InChI=1S/C14H24N2O2/c1-4-6-8-10-13(17)16-12(9-7-5-2)11(3)14(15)18/h7,9,12H,3-6,8,10H2,1-2H3,(H2,15,18)(H,16,17)/b9-7+/t12-/m0/s1. The van der Waals surface area contributed by atoms with Gasteiger partial charge in [-0.15, -0.1) is 0 Å². The summed E-state index contributed by atoms with van der Waals surface area (Å²) in [6, 6.07) is -0.489. The van der Waals surface area contributed by atoms with E-state index < -0.39 is 11.9 Å². The zero-order valence-corrected chi connectivity index (χ0v) is 11.4. The minimum Gasteiger partial charge on any atom is -0.366 e. The number of unbranched alkanes of at least 4 members (excludes halogenated alkanes) is 2. The second-order valence-electron chi connectivity index (χ2n) is 4.23. The molecule has 0 bridgehead atoms. The van der Waals surface area contributed by atoms with E-state index in [4.69, 9.17) is 5.73 Å². The van der Waals surface area contributed by atoms with Crippen LogP contribution in [0.4, 0.5) is 0 Å². The highest BCUT2D eigenvalue weighted by Gasteiger charge is 2.16. The lowest BCUT2D eigenvalue weighted by Crippen LogP contribution is -2.38. The Hall–Kier alpha value is -1.58. The number of rotatable bonds is 9. The maximum Gasteiger partial charge on any atom is 0.246 e. The van der Waals surface area contributed by atoms with Crippen LogP contribution in [0.5, 0.6) is 0 Å². The van der Waals surface area contributed by atoms with Gasteiger partial charge in [-0.3, -0.25) is 9.59 Å². The SMILES string of the molecule is C=C(C(N)=O)[C@H](/C=C/CC)NC(=O)CCCCC. The number of primary amides is 1. The second kappa shape index (κ2) is 9.45. The third-order valence-corrected chi connectivity index (χ3v) is 2.58. The summed E-state index contributed by atoms with van der Waals surface area (Å²) in [5.74, 6) is -0.661. The monoisotopic (exact) mass is 252 g/mol. The van der Waals surface area contributed by atoms with Gasteiger partial charge in [0, 0.05) is 12.0 Å². The first kappa shape index (κ1) is 16.4. The van der Waals surface area contributed by atoms with E-state index >= 15 is 0 Å². The maximum atomic E-state index is 11.7. The molecule has 0 rings (SSSR count). The van der Waals surface area contributed by atoms with Crippen LogP contribution in [0.2, 0.25) is 0 Å². The number of amides is 2. The summed E-state index contributed by atoms with van der Waals surface area (Å²) in [6.07, 6.45) is 7.89. The van der Waals surface area contributed by atoms with Crippen LogP contribution in [0, 0.1) is 0 Å². The Bertz CT molecular complexity index is 322. The molecule has 0 aliphatic carbocycles. The van der Waals surface area contributed by atoms with E-state index in [2.05, 4.69) is 18.8 Å². The lowest BCUT2D eigenvalue weighted by Gasteiger charge is -2.15. The van der Waals surface area contributed by atoms with Crippen LogP contribution in [0.1, 0.15) is 46.0 Å². The van der Waals surface area contributed by atoms with Gasteiger partial charge >= 0.3 is 0 Å². The Kier molecular flexibility index (Phi) is 8.62. The molecule has 4 nitrogen and oxygen atoms in total. The molecule has 102 valence electrons. The molecule has 0 saturated carbocycles. The fraction of sp³-hybridized carbons (Fsp3) is 0.571. The molecule has 0 saturated heterocycles. The van der Waals surface area contributed by atoms with Gasteiger partial charge in [-0.1, -0.05) is 45.4 Å². The summed E-state index contributed by atoms with van der Waals surface area (Å²) >= 11 is 0. The molecule has 0 unspecified atom stereocenters. The Morgan fingerprint density at radius 2 is 2.00 bits per heavy atom. The van der Waals surface area contributed by atoms with Crippen molar-refractivity contribution in [1.29, 1.82) is 0 Å². The second-order valence-corrected chi connectivity index (χ2v) is 4.23. The van der Waals surface area contributed by atoms with Crippen molar-refractivity contribution in [2.45, 2.75) is 52.0 Å². The first-order valence-corrected chi connectivity index (χ1v) is 6.47. The Balaban J connectivity index is 4.40. The smallest absolute Gasteiger partial charge is 0.246 e. The number of nitrogens with one attached hydrogen (secondary N) is 1. The summed E-state index contributed by atoms with van der Waals surface area (Å²) in [5, 5.41) is 2.77. The van der Waals surface area contributed by atoms with Crippen molar-refractivity contribution in [1.82, 2.24) is 5.32 Å². The van der Waals surface area contributed by atoms with Gasteiger partial charge in [0.15, 0.2) is 0 Å². The third kappa shape index (κ3) is 6.89. The molecular formula is C14H24N2O2. The highest BCUT2D eigenvalue weighted by Crippen LogP contribution is 2.04. The number of hydrogen-bond donors (Lipinski definition) is 2. The largest absolute Gasteiger partial charge is 0.366 e. The first-order valence-electron chi connectivity index (χ1n) is 6.47. The third-order valence-electron chi connectivity index (χ3n) is 2.58. The predicted octanol–water partition coefficient (Wildman–Crippen LogP) is 2.06. The Morgan fingerprint density at radius 1 is 1.33 bits per heavy atom. The van der Waals surface area contributed by atoms with Crippen molar-refractivity contribution >= 4 is 11.8 Å². The van der Waals surface area contributed by atoms with Gasteiger partial charge in [0.1, 0.15) is 0 Å². The van der Waals surface area contributed by atoms with Gasteiger partial charge < -0.3 is 11.1 Å². The number of hydrogen-bond acceptors (Lipinski definition) is 2. The van der Waals surface area contributed by atoms with Crippen LogP contribution in [-0.2, 0) is 9.59 Å². The molecular weight excluding hydrogens is 228 g/mol. The van der Waals surface area contributed by atoms with E-state index in [-0.39, 0.29) is 11.5 Å². The molecule has 18 heavy (non-hydrogen) atoms. The molecule has 0 aromatic rings. The Morgan fingerprint density at radius 3 is 2.50 bits per heavy atom. The number of carbonyl (C=O) groups excluding carboxylic acids is 2. The van der Waals surface area contributed by atoms with Gasteiger partial charge in [0.25, 0.3) is 0 Å². The average Bonchev–Trinajstić information content (AvgIpc) is 2.33. The fourth-order valence-corrected chi connectivity index (χ4v) is 1.46. The van der Waals surface area contributed by atoms with Crippen molar-refractivity contribution in [2.24, 2.45) is 5.73 Å². The summed E-state index contributed by atoms with van der Waals surface area (Å²) in [6.45, 7) is 7.68. The maximum absolute atomic E-state index is 11.7. The highest BCUT2D eigenvalue weighted by atomic mass is 16.2. The van der Waals surface area contributed by atoms with E-state index in [1.165, 1.54) is 0 Å². The van der Waals surface area contributed by atoms with Crippen molar-refractivity contribution in [3.05, 3.63) is 24.3 Å². The average molecular weight is 252 g/mol. The molecule has 0 radical (unpaired) electrons. The summed E-state index contributed by atoms with van der Waals surface area (Å²) in [5.41, 5.74) is 5.39. The zero-order chi connectivity index (χ0) is 14.0. The van der Waals surface area contributed by atoms with Gasteiger partial charge in [0.2, 0.25) is 11.8 Å². The van der Waals surface area contributed by atoms with Crippen LogP contribution in [0.3, 0.4) is 0 Å². The van der Waals surface area contributed by atoms with Crippen LogP contribution >= 0.6 is 0 Å². The highest BCUT2D eigenvalue weighted by molar-refractivity contribution is 5.94. The van der Waals surface area contributed by atoms with Crippen molar-refractivity contribution in [3.8, 4) is 0 Å². The molecule has 0 spiro atoms. The van der Waals surface area contributed by atoms with Crippen molar-refractivity contribution < 1.29 is 9.59 Å². The lowest BCUT2D eigenvalue weighted by molar-refractivity contribution is -0.121. The molecule has 0 fully saturated rings. The lowest BCUT2D eigenvalue weighted by atomic mass is 10.1.